The average Bonchev–Trinajstić information content (AvgIpc) is 2.26. The summed E-state index contributed by atoms with van der Waals surface area (Å²) in [7, 11) is 0. The fourth-order valence-electron chi connectivity index (χ4n) is 1.57. The van der Waals surface area contributed by atoms with Gasteiger partial charge in [0.05, 0.1) is 6.07 Å². The van der Waals surface area contributed by atoms with Crippen molar-refractivity contribution in [1.82, 2.24) is 5.32 Å². The zero-order chi connectivity index (χ0) is 10.4. The van der Waals surface area contributed by atoms with Gasteiger partial charge in [0.25, 0.3) is 0 Å². The molecule has 74 valence electrons. The molecule has 0 heterocycles. The van der Waals surface area contributed by atoms with Crippen LogP contribution in [0.1, 0.15) is 31.0 Å². The van der Waals surface area contributed by atoms with Crippen LogP contribution < -0.4 is 5.32 Å². The first kappa shape index (κ1) is 10.7. The molecule has 0 amide bonds. The molecular weight excluding hydrogens is 172 g/mol. The molecular formula is C12H16N2. The van der Waals surface area contributed by atoms with Gasteiger partial charge in [0, 0.05) is 0 Å². The molecule has 14 heavy (non-hydrogen) atoms. The van der Waals surface area contributed by atoms with E-state index in [9.17, 15) is 0 Å². The number of nitrogens with zero attached hydrogens (tertiary/aromatic N) is 1. The van der Waals surface area contributed by atoms with Crippen molar-refractivity contribution in [3.63, 3.8) is 0 Å². The molecule has 0 aliphatic heterocycles. The van der Waals surface area contributed by atoms with Crippen LogP contribution in [0.15, 0.2) is 24.3 Å². The van der Waals surface area contributed by atoms with Crippen molar-refractivity contribution in [3.05, 3.63) is 35.4 Å². The van der Waals surface area contributed by atoms with Gasteiger partial charge in [-0.05, 0) is 24.1 Å². The molecule has 2 nitrogen and oxygen atoms in total. The summed E-state index contributed by atoms with van der Waals surface area (Å²) >= 11 is 0. The van der Waals surface area contributed by atoms with Crippen LogP contribution in [-0.4, -0.2) is 6.54 Å². The lowest BCUT2D eigenvalue weighted by Gasteiger charge is -2.13. The maximum atomic E-state index is 9.02. The van der Waals surface area contributed by atoms with Crippen LogP contribution in [0.25, 0.3) is 0 Å². The van der Waals surface area contributed by atoms with Crippen LogP contribution in [-0.2, 0) is 6.42 Å². The molecule has 0 aliphatic carbocycles. The fourth-order valence-corrected chi connectivity index (χ4v) is 1.57. The number of nitriles is 1. The van der Waals surface area contributed by atoms with Crippen molar-refractivity contribution < 1.29 is 0 Å². The number of hydrogen-bond donors (Lipinski definition) is 1. The minimum Gasteiger partial charge on any atom is -0.298 e. The van der Waals surface area contributed by atoms with Crippen LogP contribution in [0.4, 0.5) is 0 Å². The van der Waals surface area contributed by atoms with E-state index in [-0.39, 0.29) is 6.04 Å². The van der Waals surface area contributed by atoms with Crippen LogP contribution in [0, 0.1) is 11.3 Å². The Labute approximate surface area is 85.6 Å². The summed E-state index contributed by atoms with van der Waals surface area (Å²) in [5.41, 5.74) is 2.36. The molecule has 0 aromatic heterocycles. The summed E-state index contributed by atoms with van der Waals surface area (Å²) in [5, 5.41) is 12.2. The molecule has 0 radical (unpaired) electrons. The molecule has 0 aliphatic rings. The van der Waals surface area contributed by atoms with Gasteiger partial charge in [-0.2, -0.15) is 5.26 Å². The molecule has 0 bridgehead atoms. The van der Waals surface area contributed by atoms with E-state index < -0.39 is 0 Å². The molecule has 0 spiro atoms. The SMILES string of the molecule is CCNC(C#N)c1ccccc1CC. The van der Waals surface area contributed by atoms with Crippen molar-refractivity contribution in [2.75, 3.05) is 6.54 Å². The third-order valence-corrected chi connectivity index (χ3v) is 2.28. The first-order chi connectivity index (χ1) is 6.83. The molecule has 0 saturated carbocycles. The summed E-state index contributed by atoms with van der Waals surface area (Å²) in [6.45, 7) is 4.94. The highest BCUT2D eigenvalue weighted by Crippen LogP contribution is 2.17. The minimum atomic E-state index is -0.170. The number of hydrogen-bond acceptors (Lipinski definition) is 2. The molecule has 1 rings (SSSR count). The smallest absolute Gasteiger partial charge is 0.121 e. The van der Waals surface area contributed by atoms with Crippen LogP contribution in [0.3, 0.4) is 0 Å². The monoisotopic (exact) mass is 188 g/mol. The highest BCUT2D eigenvalue weighted by atomic mass is 14.9. The van der Waals surface area contributed by atoms with Gasteiger partial charge in [-0.25, -0.2) is 0 Å². The molecule has 1 atom stereocenters. The second-order valence-electron chi connectivity index (χ2n) is 3.17. The van der Waals surface area contributed by atoms with Gasteiger partial charge >= 0.3 is 0 Å². The fraction of sp³-hybridized carbons (Fsp3) is 0.417. The minimum absolute atomic E-state index is 0.170. The summed E-state index contributed by atoms with van der Waals surface area (Å²) in [6, 6.07) is 10.2. The molecule has 2 heteroatoms. The number of nitrogens with one attached hydrogen (secondary N) is 1. The lowest BCUT2D eigenvalue weighted by Crippen LogP contribution is -2.20. The molecule has 0 saturated heterocycles. The van der Waals surface area contributed by atoms with Gasteiger partial charge in [0.1, 0.15) is 6.04 Å². The second-order valence-corrected chi connectivity index (χ2v) is 3.17. The van der Waals surface area contributed by atoms with Crippen molar-refractivity contribution in [2.45, 2.75) is 26.3 Å². The standard InChI is InChI=1S/C12H16N2/c1-3-10-7-5-6-8-11(10)12(9-13)14-4-2/h5-8,12,14H,3-4H2,1-2H3. The van der Waals surface area contributed by atoms with Gasteiger partial charge in [-0.1, -0.05) is 38.1 Å². The number of benzene rings is 1. The van der Waals surface area contributed by atoms with Gasteiger partial charge < -0.3 is 0 Å². The maximum absolute atomic E-state index is 9.02. The van der Waals surface area contributed by atoms with Crippen LogP contribution in [0.2, 0.25) is 0 Å². The maximum Gasteiger partial charge on any atom is 0.121 e. The Balaban J connectivity index is 2.97. The van der Waals surface area contributed by atoms with Gasteiger partial charge in [0.2, 0.25) is 0 Å². The van der Waals surface area contributed by atoms with Gasteiger partial charge in [-0.3, -0.25) is 5.32 Å². The molecule has 1 N–H and O–H groups in total. The summed E-state index contributed by atoms with van der Waals surface area (Å²) in [6.07, 6.45) is 0.972. The summed E-state index contributed by atoms with van der Waals surface area (Å²) in [4.78, 5) is 0. The van der Waals surface area contributed by atoms with E-state index in [4.69, 9.17) is 5.26 Å². The zero-order valence-corrected chi connectivity index (χ0v) is 8.75. The molecule has 1 unspecified atom stereocenters. The quantitative estimate of drug-likeness (QED) is 0.787. The van der Waals surface area contributed by atoms with E-state index in [0.29, 0.717) is 0 Å². The summed E-state index contributed by atoms with van der Waals surface area (Å²) < 4.78 is 0. The van der Waals surface area contributed by atoms with E-state index in [1.165, 1.54) is 5.56 Å². The molecule has 1 aromatic carbocycles. The highest BCUT2D eigenvalue weighted by molar-refractivity contribution is 5.33. The van der Waals surface area contributed by atoms with E-state index in [1.54, 1.807) is 0 Å². The Bertz CT molecular complexity index is 325. The van der Waals surface area contributed by atoms with Crippen LogP contribution >= 0.6 is 0 Å². The van der Waals surface area contributed by atoms with Crippen molar-refractivity contribution in [3.8, 4) is 6.07 Å². The van der Waals surface area contributed by atoms with E-state index in [1.807, 2.05) is 25.1 Å². The van der Waals surface area contributed by atoms with Gasteiger partial charge in [-0.15, -0.1) is 0 Å². The predicted octanol–water partition coefficient (Wildman–Crippen LogP) is 2.42. The normalized spacial score (nSPS) is 12.1. The Morgan fingerprint density at radius 1 is 1.36 bits per heavy atom. The van der Waals surface area contributed by atoms with E-state index in [2.05, 4.69) is 24.4 Å². The Kier molecular flexibility index (Phi) is 4.15. The Morgan fingerprint density at radius 2 is 2.07 bits per heavy atom. The first-order valence-electron chi connectivity index (χ1n) is 5.04. The zero-order valence-electron chi connectivity index (χ0n) is 8.75. The van der Waals surface area contributed by atoms with Crippen molar-refractivity contribution in [1.29, 1.82) is 5.26 Å². The topological polar surface area (TPSA) is 35.8 Å². The lowest BCUT2D eigenvalue weighted by atomic mass is 9.99. The Hall–Kier alpha value is -1.33. The largest absolute Gasteiger partial charge is 0.298 e. The number of rotatable bonds is 4. The number of aryl methyl sites for hydroxylation is 1. The lowest BCUT2D eigenvalue weighted by molar-refractivity contribution is 0.653. The third-order valence-electron chi connectivity index (χ3n) is 2.28. The van der Waals surface area contributed by atoms with Crippen molar-refractivity contribution >= 4 is 0 Å². The highest BCUT2D eigenvalue weighted by Gasteiger charge is 2.11. The van der Waals surface area contributed by atoms with Crippen molar-refractivity contribution in [2.24, 2.45) is 0 Å². The van der Waals surface area contributed by atoms with Crippen LogP contribution in [0.5, 0.6) is 0 Å². The average molecular weight is 188 g/mol. The second kappa shape index (κ2) is 5.41. The van der Waals surface area contributed by atoms with E-state index in [0.717, 1.165) is 18.5 Å². The van der Waals surface area contributed by atoms with Gasteiger partial charge in [0.15, 0.2) is 0 Å². The van der Waals surface area contributed by atoms with E-state index >= 15 is 0 Å². The molecule has 1 aromatic rings. The third kappa shape index (κ3) is 2.34. The molecule has 0 fully saturated rings. The Morgan fingerprint density at radius 3 is 2.64 bits per heavy atom. The summed E-state index contributed by atoms with van der Waals surface area (Å²) in [5.74, 6) is 0. The first-order valence-corrected chi connectivity index (χ1v) is 5.04. The predicted molar refractivity (Wildman–Crippen MR) is 57.9 cm³/mol.